The highest BCUT2D eigenvalue weighted by molar-refractivity contribution is 7.98. The molecule has 0 unspecified atom stereocenters. The van der Waals surface area contributed by atoms with Crippen LogP contribution in [0, 0.1) is 0 Å². The number of aromatic carboxylic acids is 1. The van der Waals surface area contributed by atoms with Crippen LogP contribution in [0.5, 0.6) is 0 Å². The van der Waals surface area contributed by atoms with Crippen molar-refractivity contribution < 1.29 is 9.90 Å². The van der Waals surface area contributed by atoms with Gasteiger partial charge in [-0.2, -0.15) is 11.8 Å². The second-order valence-electron chi connectivity index (χ2n) is 3.90. The first-order valence-electron chi connectivity index (χ1n) is 5.80. The number of aryl methyl sites for hydroxylation is 1. The normalized spacial score (nSPS) is 10.6. The van der Waals surface area contributed by atoms with E-state index in [1.54, 1.807) is 34.9 Å². The number of carboxylic acids is 1. The molecule has 0 aliphatic rings. The first kappa shape index (κ1) is 13.5. The number of thioether (sulfide) groups is 1. The van der Waals surface area contributed by atoms with Gasteiger partial charge < -0.3 is 5.11 Å². The van der Waals surface area contributed by atoms with Gasteiger partial charge in [-0.05, 0) is 30.6 Å². The smallest absolute Gasteiger partial charge is 0.358 e. The number of rotatable bonds is 6. The van der Waals surface area contributed by atoms with Gasteiger partial charge in [-0.25, -0.2) is 9.48 Å². The zero-order chi connectivity index (χ0) is 13.7. The van der Waals surface area contributed by atoms with E-state index in [1.165, 1.54) is 0 Å². The standard InChI is InChI=1S/C12H14N4O2S/c1-19-7-3-6-16-11(9-4-2-5-13-8-9)10(12(17)18)14-15-16/h2,4-5,8H,3,6-7H2,1H3,(H,17,18). The number of carbonyl (C=O) groups is 1. The van der Waals surface area contributed by atoms with Gasteiger partial charge in [0.2, 0.25) is 0 Å². The van der Waals surface area contributed by atoms with Crippen LogP contribution in [0.25, 0.3) is 11.3 Å². The van der Waals surface area contributed by atoms with Gasteiger partial charge in [0.15, 0.2) is 5.69 Å². The van der Waals surface area contributed by atoms with Crippen molar-refractivity contribution >= 4 is 17.7 Å². The maximum absolute atomic E-state index is 11.2. The molecule has 6 nitrogen and oxygen atoms in total. The molecule has 0 fully saturated rings. The van der Waals surface area contributed by atoms with E-state index in [1.807, 2.05) is 12.3 Å². The Labute approximate surface area is 114 Å². The molecule has 0 aliphatic heterocycles. The highest BCUT2D eigenvalue weighted by Crippen LogP contribution is 2.21. The summed E-state index contributed by atoms with van der Waals surface area (Å²) in [5, 5.41) is 16.9. The molecule has 0 aliphatic carbocycles. The molecule has 0 saturated carbocycles. The molecular formula is C12H14N4O2S. The predicted octanol–water partition coefficient (Wildman–Crippen LogP) is 1.79. The van der Waals surface area contributed by atoms with Crippen LogP contribution in [0.4, 0.5) is 0 Å². The lowest BCUT2D eigenvalue weighted by Gasteiger charge is -2.06. The number of aromatic nitrogens is 4. The lowest BCUT2D eigenvalue weighted by molar-refractivity contribution is 0.0691. The number of hydrogen-bond donors (Lipinski definition) is 1. The minimum absolute atomic E-state index is 0.0304. The summed E-state index contributed by atoms with van der Waals surface area (Å²) in [6.45, 7) is 0.644. The molecule has 2 aromatic heterocycles. The van der Waals surface area contributed by atoms with Gasteiger partial charge in [0, 0.05) is 24.5 Å². The second-order valence-corrected chi connectivity index (χ2v) is 4.89. The van der Waals surface area contributed by atoms with Gasteiger partial charge in [0.1, 0.15) is 5.69 Å². The van der Waals surface area contributed by atoms with Crippen LogP contribution in [0.2, 0.25) is 0 Å². The Hall–Kier alpha value is -1.89. The third-order valence-corrected chi connectivity index (χ3v) is 3.29. The summed E-state index contributed by atoms with van der Waals surface area (Å²) in [7, 11) is 0. The SMILES string of the molecule is CSCCCn1nnc(C(=O)O)c1-c1cccnc1. The molecule has 100 valence electrons. The molecule has 0 spiro atoms. The Kier molecular flexibility index (Phi) is 4.51. The van der Waals surface area contributed by atoms with E-state index >= 15 is 0 Å². The van der Waals surface area contributed by atoms with E-state index in [4.69, 9.17) is 0 Å². The fourth-order valence-corrected chi connectivity index (χ4v) is 2.18. The highest BCUT2D eigenvalue weighted by atomic mass is 32.2. The van der Waals surface area contributed by atoms with Gasteiger partial charge in [-0.1, -0.05) is 5.21 Å². The van der Waals surface area contributed by atoms with E-state index in [0.717, 1.165) is 12.2 Å². The van der Waals surface area contributed by atoms with Crippen molar-refractivity contribution in [1.29, 1.82) is 0 Å². The second kappa shape index (κ2) is 6.33. The summed E-state index contributed by atoms with van der Waals surface area (Å²) in [4.78, 5) is 15.2. The van der Waals surface area contributed by atoms with Crippen LogP contribution >= 0.6 is 11.8 Å². The van der Waals surface area contributed by atoms with Gasteiger partial charge in [0.05, 0.1) is 0 Å². The lowest BCUT2D eigenvalue weighted by atomic mass is 10.1. The quantitative estimate of drug-likeness (QED) is 0.811. The van der Waals surface area contributed by atoms with Crippen molar-refractivity contribution in [2.75, 3.05) is 12.0 Å². The van der Waals surface area contributed by atoms with Crippen LogP contribution < -0.4 is 0 Å². The monoisotopic (exact) mass is 278 g/mol. The van der Waals surface area contributed by atoms with E-state index in [9.17, 15) is 9.90 Å². The van der Waals surface area contributed by atoms with Gasteiger partial charge >= 0.3 is 5.97 Å². The first-order valence-corrected chi connectivity index (χ1v) is 7.19. The topological polar surface area (TPSA) is 80.9 Å². The van der Waals surface area contributed by atoms with E-state index in [-0.39, 0.29) is 5.69 Å². The zero-order valence-electron chi connectivity index (χ0n) is 10.5. The third kappa shape index (κ3) is 3.11. The maximum Gasteiger partial charge on any atom is 0.358 e. The summed E-state index contributed by atoms with van der Waals surface area (Å²) >= 11 is 1.75. The molecular weight excluding hydrogens is 264 g/mol. The molecule has 0 amide bonds. The van der Waals surface area contributed by atoms with Gasteiger partial charge in [0.25, 0.3) is 0 Å². The minimum Gasteiger partial charge on any atom is -0.476 e. The van der Waals surface area contributed by atoms with Crippen molar-refractivity contribution in [1.82, 2.24) is 20.0 Å². The summed E-state index contributed by atoms with van der Waals surface area (Å²) in [5.41, 5.74) is 1.20. The van der Waals surface area contributed by atoms with Crippen molar-refractivity contribution in [3.63, 3.8) is 0 Å². The summed E-state index contributed by atoms with van der Waals surface area (Å²) in [5.74, 6) is -0.0793. The highest BCUT2D eigenvalue weighted by Gasteiger charge is 2.20. The number of carboxylic acid groups (broad SMARTS) is 1. The van der Waals surface area contributed by atoms with Crippen LogP contribution in [0.3, 0.4) is 0 Å². The van der Waals surface area contributed by atoms with Crippen LogP contribution in [0.1, 0.15) is 16.9 Å². The molecule has 0 saturated heterocycles. The van der Waals surface area contributed by atoms with Crippen molar-refractivity contribution in [2.24, 2.45) is 0 Å². The fraction of sp³-hybridized carbons (Fsp3) is 0.333. The molecule has 0 bridgehead atoms. The first-order chi connectivity index (χ1) is 9.24. The van der Waals surface area contributed by atoms with Crippen molar-refractivity contribution in [3.05, 3.63) is 30.2 Å². The van der Waals surface area contributed by atoms with Gasteiger partial charge in [-0.15, -0.1) is 5.10 Å². The van der Waals surface area contributed by atoms with Crippen LogP contribution in [0.15, 0.2) is 24.5 Å². The number of pyridine rings is 1. The largest absolute Gasteiger partial charge is 0.476 e. The predicted molar refractivity (Wildman–Crippen MR) is 73.2 cm³/mol. The summed E-state index contributed by atoms with van der Waals surface area (Å²) in [6, 6.07) is 3.57. The molecule has 7 heteroatoms. The number of hydrogen-bond acceptors (Lipinski definition) is 5. The van der Waals surface area contributed by atoms with Crippen LogP contribution in [-0.2, 0) is 6.54 Å². The summed E-state index contributed by atoms with van der Waals surface area (Å²) in [6.07, 6.45) is 6.21. The molecule has 2 rings (SSSR count). The van der Waals surface area contributed by atoms with E-state index in [0.29, 0.717) is 17.8 Å². The fourth-order valence-electron chi connectivity index (χ4n) is 1.76. The zero-order valence-corrected chi connectivity index (χ0v) is 11.3. The minimum atomic E-state index is -1.07. The molecule has 1 N–H and O–H groups in total. The van der Waals surface area contributed by atoms with Gasteiger partial charge in [-0.3, -0.25) is 4.98 Å². The van der Waals surface area contributed by atoms with Crippen molar-refractivity contribution in [3.8, 4) is 11.3 Å². The Morgan fingerprint density at radius 1 is 1.53 bits per heavy atom. The molecule has 0 atom stereocenters. The maximum atomic E-state index is 11.2. The average Bonchev–Trinajstić information content (AvgIpc) is 2.84. The molecule has 19 heavy (non-hydrogen) atoms. The third-order valence-electron chi connectivity index (χ3n) is 2.59. The molecule has 0 aromatic carbocycles. The molecule has 2 aromatic rings. The Morgan fingerprint density at radius 3 is 3.00 bits per heavy atom. The van der Waals surface area contributed by atoms with E-state index in [2.05, 4.69) is 15.3 Å². The lowest BCUT2D eigenvalue weighted by Crippen LogP contribution is -2.06. The Bertz CT molecular complexity index is 556. The number of nitrogens with zero attached hydrogens (tertiary/aromatic N) is 4. The Balaban J connectivity index is 2.37. The molecule has 0 radical (unpaired) electrons. The molecule has 2 heterocycles. The Morgan fingerprint density at radius 2 is 2.37 bits per heavy atom. The van der Waals surface area contributed by atoms with E-state index < -0.39 is 5.97 Å². The summed E-state index contributed by atoms with van der Waals surface area (Å²) < 4.78 is 1.64. The van der Waals surface area contributed by atoms with Crippen molar-refractivity contribution in [2.45, 2.75) is 13.0 Å². The van der Waals surface area contributed by atoms with Crippen LogP contribution in [-0.4, -0.2) is 43.1 Å². The average molecular weight is 278 g/mol.